The van der Waals surface area contributed by atoms with E-state index in [1.54, 1.807) is 13.8 Å². The van der Waals surface area contributed by atoms with E-state index in [1.165, 1.54) is 21.3 Å². The topological polar surface area (TPSA) is 61.8 Å². The van der Waals surface area contributed by atoms with Crippen molar-refractivity contribution in [2.75, 3.05) is 21.3 Å². The van der Waals surface area contributed by atoms with Crippen LogP contribution in [0.1, 0.15) is 20.3 Å². The zero-order chi connectivity index (χ0) is 12.1. The average Bonchev–Trinajstić information content (AvgIpc) is 2.19. The lowest BCUT2D eigenvalue weighted by Gasteiger charge is -2.21. The molecule has 15 heavy (non-hydrogen) atoms. The molecule has 5 nitrogen and oxygen atoms in total. The molecule has 0 aliphatic carbocycles. The van der Waals surface area contributed by atoms with Crippen molar-refractivity contribution in [3.63, 3.8) is 0 Å². The van der Waals surface area contributed by atoms with Crippen molar-refractivity contribution in [1.29, 1.82) is 0 Å². The van der Waals surface area contributed by atoms with Gasteiger partial charge in [-0.3, -0.25) is 9.59 Å². The SMILES string of the molecule is COC(OC)C(=O)CC(=O)C(C)(C)OC. The summed E-state index contributed by atoms with van der Waals surface area (Å²) in [5, 5.41) is 0. The van der Waals surface area contributed by atoms with Gasteiger partial charge in [-0.1, -0.05) is 0 Å². The number of carbonyl (C=O) groups excluding carboxylic acids is 2. The summed E-state index contributed by atoms with van der Waals surface area (Å²) >= 11 is 0. The Morgan fingerprint density at radius 2 is 1.60 bits per heavy atom. The highest BCUT2D eigenvalue weighted by atomic mass is 16.7. The number of Topliss-reactive ketones (excluding diaryl/α,β-unsaturated/α-hetero) is 2. The Morgan fingerprint density at radius 1 is 1.13 bits per heavy atom. The molecule has 0 aromatic rings. The standard InChI is InChI=1S/C10H18O5/c1-10(2,15-5)8(12)6-7(11)9(13-3)14-4/h9H,6H2,1-5H3. The molecule has 0 rings (SSSR count). The van der Waals surface area contributed by atoms with Crippen molar-refractivity contribution < 1.29 is 23.8 Å². The van der Waals surface area contributed by atoms with Crippen LogP contribution < -0.4 is 0 Å². The maximum absolute atomic E-state index is 11.6. The van der Waals surface area contributed by atoms with Crippen molar-refractivity contribution in [2.24, 2.45) is 0 Å². The second-order valence-corrected chi connectivity index (χ2v) is 3.58. The molecule has 0 amide bonds. The largest absolute Gasteiger partial charge is 0.371 e. The number of carbonyl (C=O) groups is 2. The van der Waals surface area contributed by atoms with E-state index < -0.39 is 17.7 Å². The minimum Gasteiger partial charge on any atom is -0.371 e. The molecule has 0 aromatic heterocycles. The van der Waals surface area contributed by atoms with E-state index >= 15 is 0 Å². The van der Waals surface area contributed by atoms with E-state index in [9.17, 15) is 9.59 Å². The Kier molecular flexibility index (Phi) is 5.64. The van der Waals surface area contributed by atoms with Gasteiger partial charge in [0.15, 0.2) is 11.6 Å². The normalized spacial score (nSPS) is 11.9. The molecule has 0 aliphatic heterocycles. The smallest absolute Gasteiger partial charge is 0.217 e. The molecule has 0 heterocycles. The van der Waals surface area contributed by atoms with Crippen LogP contribution in [0.4, 0.5) is 0 Å². The number of ether oxygens (including phenoxy) is 3. The molecule has 0 radical (unpaired) electrons. The Balaban J connectivity index is 4.36. The van der Waals surface area contributed by atoms with Gasteiger partial charge in [-0.05, 0) is 13.8 Å². The Labute approximate surface area is 89.7 Å². The molecule has 0 atom stereocenters. The minimum absolute atomic E-state index is 0.257. The Bertz CT molecular complexity index is 230. The van der Waals surface area contributed by atoms with E-state index in [1.807, 2.05) is 0 Å². The van der Waals surface area contributed by atoms with Gasteiger partial charge in [-0.15, -0.1) is 0 Å². The third-order valence-corrected chi connectivity index (χ3v) is 2.21. The summed E-state index contributed by atoms with van der Waals surface area (Å²) in [5.74, 6) is -0.704. The number of hydrogen-bond donors (Lipinski definition) is 0. The summed E-state index contributed by atoms with van der Waals surface area (Å²) in [4.78, 5) is 23.0. The van der Waals surface area contributed by atoms with Gasteiger partial charge in [-0.2, -0.15) is 0 Å². The van der Waals surface area contributed by atoms with Gasteiger partial charge < -0.3 is 14.2 Å². The average molecular weight is 218 g/mol. The van der Waals surface area contributed by atoms with Crippen molar-refractivity contribution in [3.05, 3.63) is 0 Å². The molecule has 0 saturated carbocycles. The summed E-state index contributed by atoms with van der Waals surface area (Å²) in [6, 6.07) is 0. The van der Waals surface area contributed by atoms with E-state index in [0.717, 1.165) is 0 Å². The quantitative estimate of drug-likeness (QED) is 0.461. The summed E-state index contributed by atoms with van der Waals surface area (Å²) in [5.41, 5.74) is -0.957. The second-order valence-electron chi connectivity index (χ2n) is 3.58. The van der Waals surface area contributed by atoms with Crippen LogP contribution in [0.2, 0.25) is 0 Å². The van der Waals surface area contributed by atoms with Crippen LogP contribution in [0.5, 0.6) is 0 Å². The zero-order valence-corrected chi connectivity index (χ0v) is 9.83. The monoisotopic (exact) mass is 218 g/mol. The van der Waals surface area contributed by atoms with E-state index in [4.69, 9.17) is 14.2 Å². The molecule has 5 heteroatoms. The number of ketones is 2. The molecule has 0 fully saturated rings. The maximum Gasteiger partial charge on any atom is 0.217 e. The number of hydrogen-bond acceptors (Lipinski definition) is 5. The van der Waals surface area contributed by atoms with Gasteiger partial charge in [0.05, 0.1) is 6.42 Å². The first-order valence-electron chi connectivity index (χ1n) is 4.55. The molecule has 0 bridgehead atoms. The fourth-order valence-corrected chi connectivity index (χ4v) is 0.927. The van der Waals surface area contributed by atoms with E-state index in [0.29, 0.717) is 0 Å². The van der Waals surface area contributed by atoms with Gasteiger partial charge in [0, 0.05) is 21.3 Å². The van der Waals surface area contributed by atoms with Crippen LogP contribution in [0.25, 0.3) is 0 Å². The molecule has 88 valence electrons. The fraction of sp³-hybridized carbons (Fsp3) is 0.800. The molecular formula is C10H18O5. The van der Waals surface area contributed by atoms with Crippen molar-refractivity contribution >= 4 is 11.6 Å². The third kappa shape index (κ3) is 4.07. The number of rotatable bonds is 7. The first-order chi connectivity index (χ1) is 6.88. The highest BCUT2D eigenvalue weighted by Gasteiger charge is 2.31. The van der Waals surface area contributed by atoms with E-state index in [2.05, 4.69) is 0 Å². The van der Waals surface area contributed by atoms with Crippen LogP contribution in [0.3, 0.4) is 0 Å². The lowest BCUT2D eigenvalue weighted by molar-refractivity contribution is -0.160. The van der Waals surface area contributed by atoms with Gasteiger partial charge in [-0.25, -0.2) is 0 Å². The van der Waals surface area contributed by atoms with Crippen LogP contribution in [0.15, 0.2) is 0 Å². The fourth-order valence-electron chi connectivity index (χ4n) is 0.927. The summed E-state index contributed by atoms with van der Waals surface area (Å²) in [6.45, 7) is 3.22. The van der Waals surface area contributed by atoms with Crippen molar-refractivity contribution in [2.45, 2.75) is 32.2 Å². The predicted molar refractivity (Wildman–Crippen MR) is 53.5 cm³/mol. The Hall–Kier alpha value is -0.780. The molecule has 0 unspecified atom stereocenters. The molecule has 0 aromatic carbocycles. The van der Waals surface area contributed by atoms with Gasteiger partial charge >= 0.3 is 0 Å². The highest BCUT2D eigenvalue weighted by molar-refractivity contribution is 6.03. The van der Waals surface area contributed by atoms with Gasteiger partial charge in [0.25, 0.3) is 0 Å². The van der Waals surface area contributed by atoms with Crippen molar-refractivity contribution in [1.82, 2.24) is 0 Å². The van der Waals surface area contributed by atoms with Crippen LogP contribution in [-0.2, 0) is 23.8 Å². The second kappa shape index (κ2) is 5.95. The first kappa shape index (κ1) is 14.2. The lowest BCUT2D eigenvalue weighted by atomic mass is 9.99. The molecule has 0 saturated heterocycles. The number of methoxy groups -OCH3 is 3. The van der Waals surface area contributed by atoms with Gasteiger partial charge in [0.2, 0.25) is 6.29 Å². The summed E-state index contributed by atoms with van der Waals surface area (Å²) in [7, 11) is 4.11. The van der Waals surface area contributed by atoms with Crippen LogP contribution >= 0.6 is 0 Å². The third-order valence-electron chi connectivity index (χ3n) is 2.21. The van der Waals surface area contributed by atoms with Crippen molar-refractivity contribution in [3.8, 4) is 0 Å². The van der Waals surface area contributed by atoms with Gasteiger partial charge in [0.1, 0.15) is 5.60 Å². The minimum atomic E-state index is -0.985. The molecule has 0 spiro atoms. The zero-order valence-electron chi connectivity index (χ0n) is 9.83. The maximum atomic E-state index is 11.6. The summed E-state index contributed by atoms with van der Waals surface area (Å²) < 4.78 is 14.5. The lowest BCUT2D eigenvalue weighted by Crippen LogP contribution is -2.38. The van der Waals surface area contributed by atoms with E-state index in [-0.39, 0.29) is 12.2 Å². The first-order valence-corrected chi connectivity index (χ1v) is 4.55. The molecule has 0 aliphatic rings. The molecule has 0 N–H and O–H groups in total. The highest BCUT2D eigenvalue weighted by Crippen LogP contribution is 2.12. The Morgan fingerprint density at radius 3 is 1.93 bits per heavy atom. The molecular weight excluding hydrogens is 200 g/mol. The predicted octanol–water partition coefficient (Wildman–Crippen LogP) is 0.559. The van der Waals surface area contributed by atoms with Crippen LogP contribution in [-0.4, -0.2) is 44.8 Å². The summed E-state index contributed by atoms with van der Waals surface area (Å²) in [6.07, 6.45) is -1.24. The van der Waals surface area contributed by atoms with Crippen LogP contribution in [0, 0.1) is 0 Å².